The smallest absolute Gasteiger partial charge is 0.419 e. The van der Waals surface area contributed by atoms with Crippen molar-refractivity contribution in [2.45, 2.75) is 71.1 Å². The number of rotatable bonds is 9. The molecule has 0 bridgehead atoms. The third kappa shape index (κ3) is 6.92. The summed E-state index contributed by atoms with van der Waals surface area (Å²) >= 11 is 5.63. The Morgan fingerprint density at radius 1 is 1.25 bits per heavy atom. The predicted octanol–water partition coefficient (Wildman–Crippen LogP) is 5.83. The maximum absolute atomic E-state index is 13.6. The lowest BCUT2D eigenvalue weighted by molar-refractivity contribution is -0.143. The number of likely N-dealkylation sites (tertiary alicyclic amines) is 1. The zero-order chi connectivity index (χ0) is 31.7. The van der Waals surface area contributed by atoms with Gasteiger partial charge in [0.25, 0.3) is 5.91 Å². The van der Waals surface area contributed by atoms with E-state index < -0.39 is 40.9 Å². The van der Waals surface area contributed by atoms with Crippen LogP contribution in [0.3, 0.4) is 0 Å². The van der Waals surface area contributed by atoms with Crippen LogP contribution in [0.5, 0.6) is 5.75 Å². The average Bonchev–Trinajstić information content (AvgIpc) is 3.14. The van der Waals surface area contributed by atoms with Crippen molar-refractivity contribution in [3.05, 3.63) is 47.3 Å². The molecule has 238 valence electrons. The van der Waals surface area contributed by atoms with Crippen LogP contribution in [0, 0.1) is 17.2 Å². The number of alkyl halides is 3. The van der Waals surface area contributed by atoms with E-state index in [1.54, 1.807) is 31.7 Å². The summed E-state index contributed by atoms with van der Waals surface area (Å²) < 4.78 is 47.0. The predicted molar refractivity (Wildman–Crippen MR) is 165 cm³/mol. The van der Waals surface area contributed by atoms with Gasteiger partial charge in [-0.2, -0.15) is 18.4 Å². The molecule has 1 aromatic heterocycles. The summed E-state index contributed by atoms with van der Waals surface area (Å²) in [6, 6.07) is 7.12. The van der Waals surface area contributed by atoms with Gasteiger partial charge in [-0.1, -0.05) is 6.92 Å². The zero-order valence-corrected chi connectivity index (χ0v) is 26.5. The Hall–Kier alpha value is -3.47. The second-order valence-electron chi connectivity index (χ2n) is 11.3. The van der Waals surface area contributed by atoms with Gasteiger partial charge in [-0.15, -0.1) is 12.4 Å². The molecule has 2 saturated heterocycles. The molecule has 4 rings (SSSR count). The Morgan fingerprint density at radius 2 is 1.91 bits per heavy atom. The molecule has 44 heavy (non-hydrogen) atoms. The van der Waals surface area contributed by atoms with Crippen LogP contribution in [-0.4, -0.2) is 63.3 Å². The number of benzene rings is 1. The number of aliphatic carboxylic acids is 1. The van der Waals surface area contributed by atoms with Crippen molar-refractivity contribution in [1.82, 2.24) is 9.88 Å². The van der Waals surface area contributed by atoms with Crippen molar-refractivity contribution in [1.29, 1.82) is 5.26 Å². The van der Waals surface area contributed by atoms with E-state index in [9.17, 15) is 27.9 Å². The van der Waals surface area contributed by atoms with Crippen LogP contribution in [-0.2, 0) is 22.2 Å². The van der Waals surface area contributed by atoms with Gasteiger partial charge in [-0.05, 0) is 108 Å². The minimum absolute atomic E-state index is 0. The fourth-order valence-corrected chi connectivity index (χ4v) is 6.10. The molecule has 0 aliphatic carbocycles. The van der Waals surface area contributed by atoms with Crippen LogP contribution >= 0.6 is 24.6 Å². The highest BCUT2D eigenvalue weighted by atomic mass is 35.5. The molecule has 2 aliphatic rings. The van der Waals surface area contributed by atoms with Gasteiger partial charge in [0.1, 0.15) is 23.4 Å². The number of hydrogen-bond donors (Lipinski definition) is 1. The highest BCUT2D eigenvalue weighted by Gasteiger charge is 2.51. The number of piperidine rings is 1. The number of carbonyl (C=O) groups excluding carboxylic acids is 1. The quantitative estimate of drug-likeness (QED) is 0.335. The van der Waals surface area contributed by atoms with Gasteiger partial charge in [0.2, 0.25) is 0 Å². The molecule has 1 amide bonds. The monoisotopic (exact) mass is 653 g/mol. The van der Waals surface area contributed by atoms with Crippen molar-refractivity contribution in [2.24, 2.45) is 5.92 Å². The lowest BCUT2D eigenvalue weighted by atomic mass is 9.93. The largest absolute Gasteiger partial charge is 0.493 e. The molecule has 1 N–H and O–H groups in total. The average molecular weight is 654 g/mol. The molecule has 14 heteroatoms. The molecule has 0 spiro atoms. The minimum atomic E-state index is -4.84. The first-order valence-electron chi connectivity index (χ1n) is 14.1. The van der Waals surface area contributed by atoms with Gasteiger partial charge in [-0.3, -0.25) is 19.4 Å². The SMILES string of the molecule is CCc1cc(N2C(=S)N(c3cnc(C#N)c(C(F)(F)F)c3)C(=O)C2(C)C)ccc1OCCC1CCN(C(C)C(=O)O)CC1.Cl. The first-order valence-corrected chi connectivity index (χ1v) is 14.5. The summed E-state index contributed by atoms with van der Waals surface area (Å²) in [5.41, 5.74) is -1.94. The summed E-state index contributed by atoms with van der Waals surface area (Å²) in [7, 11) is 0. The van der Waals surface area contributed by atoms with Crippen molar-refractivity contribution >= 4 is 53.0 Å². The van der Waals surface area contributed by atoms with E-state index in [1.165, 1.54) is 6.07 Å². The summed E-state index contributed by atoms with van der Waals surface area (Å²) in [5.74, 6) is -0.204. The van der Waals surface area contributed by atoms with E-state index >= 15 is 0 Å². The molecule has 1 atom stereocenters. The number of carbonyl (C=O) groups is 2. The normalized spacial score (nSPS) is 18.1. The summed E-state index contributed by atoms with van der Waals surface area (Å²) in [4.78, 5) is 33.0. The maximum Gasteiger partial charge on any atom is 0.419 e. The highest BCUT2D eigenvalue weighted by Crippen LogP contribution is 2.40. The van der Waals surface area contributed by atoms with Gasteiger partial charge in [0.15, 0.2) is 10.8 Å². The fraction of sp³-hybridized carbons (Fsp3) is 0.500. The Kier molecular flexibility index (Phi) is 10.9. The molecule has 0 radical (unpaired) electrons. The number of carboxylic acids is 1. The molecule has 1 unspecified atom stereocenters. The third-order valence-corrected chi connectivity index (χ3v) is 8.60. The number of halogens is 4. The van der Waals surface area contributed by atoms with Crippen LogP contribution < -0.4 is 14.5 Å². The van der Waals surface area contributed by atoms with E-state index in [0.717, 1.165) is 55.1 Å². The molecule has 0 saturated carbocycles. The number of anilines is 2. The number of nitrogens with zero attached hydrogens (tertiary/aromatic N) is 5. The number of aromatic nitrogens is 1. The van der Waals surface area contributed by atoms with E-state index in [-0.39, 0.29) is 23.2 Å². The van der Waals surface area contributed by atoms with Crippen LogP contribution in [0.15, 0.2) is 30.5 Å². The van der Waals surface area contributed by atoms with Crippen LogP contribution in [0.25, 0.3) is 0 Å². The van der Waals surface area contributed by atoms with E-state index in [4.69, 9.17) is 22.2 Å². The molecule has 1 aromatic carbocycles. The Balaban J connectivity index is 0.00000529. The summed E-state index contributed by atoms with van der Waals surface area (Å²) in [6.07, 6.45) is -0.511. The number of hydrogen-bond acceptors (Lipinski definition) is 7. The zero-order valence-electron chi connectivity index (χ0n) is 24.8. The van der Waals surface area contributed by atoms with Crippen LogP contribution in [0.1, 0.15) is 63.8 Å². The van der Waals surface area contributed by atoms with Crippen molar-refractivity contribution in [3.63, 3.8) is 0 Å². The van der Waals surface area contributed by atoms with Gasteiger partial charge in [0.05, 0.1) is 24.1 Å². The Bertz CT molecular complexity index is 1460. The number of amides is 1. The number of nitriles is 1. The molecule has 2 aromatic rings. The lowest BCUT2D eigenvalue weighted by Crippen LogP contribution is -2.44. The molecule has 3 heterocycles. The highest BCUT2D eigenvalue weighted by molar-refractivity contribution is 7.81. The Morgan fingerprint density at radius 3 is 2.48 bits per heavy atom. The summed E-state index contributed by atoms with van der Waals surface area (Å²) in [5, 5.41) is 18.3. The van der Waals surface area contributed by atoms with Crippen molar-refractivity contribution < 1.29 is 32.6 Å². The number of aryl methyl sites for hydroxylation is 1. The number of pyridine rings is 1. The molecular weight excluding hydrogens is 619 g/mol. The minimum Gasteiger partial charge on any atom is -0.493 e. The fourth-order valence-electron chi connectivity index (χ4n) is 5.58. The third-order valence-electron chi connectivity index (χ3n) is 8.23. The number of thiocarbonyl (C=S) groups is 1. The first kappa shape index (κ1) is 35.0. The molecule has 2 aliphatic heterocycles. The lowest BCUT2D eigenvalue weighted by Gasteiger charge is -2.34. The standard InChI is InChI=1S/C30H34F3N5O4S.ClH/c1-5-20-14-21(6-7-25(20)42-13-10-19-8-11-36(12-9-19)18(2)26(39)40)38-28(43)37(27(41)29(38,3)4)22-15-23(30(31,32)33)24(16-34)35-17-22;/h6-7,14-15,17-19H,5,8-13H2,1-4H3,(H,39,40);1H. The van der Waals surface area contributed by atoms with Gasteiger partial charge >= 0.3 is 12.1 Å². The maximum atomic E-state index is 13.6. The van der Waals surface area contributed by atoms with E-state index in [0.29, 0.717) is 30.4 Å². The van der Waals surface area contributed by atoms with Gasteiger partial charge in [-0.25, -0.2) is 4.98 Å². The second-order valence-corrected chi connectivity index (χ2v) is 11.7. The molecule has 2 fully saturated rings. The van der Waals surface area contributed by atoms with Crippen LogP contribution in [0.2, 0.25) is 0 Å². The topological polar surface area (TPSA) is 110 Å². The van der Waals surface area contributed by atoms with Crippen molar-refractivity contribution in [3.8, 4) is 11.8 Å². The number of carboxylic acid groups (broad SMARTS) is 1. The molecular formula is C30H35ClF3N5O4S. The van der Waals surface area contributed by atoms with E-state index in [2.05, 4.69) is 4.98 Å². The van der Waals surface area contributed by atoms with Gasteiger partial charge in [0, 0.05) is 5.69 Å². The van der Waals surface area contributed by atoms with Crippen molar-refractivity contribution in [2.75, 3.05) is 29.5 Å². The van der Waals surface area contributed by atoms with Gasteiger partial charge < -0.3 is 14.7 Å². The Labute approximate surface area is 266 Å². The second kappa shape index (κ2) is 13.7. The number of ether oxygens (including phenoxy) is 1. The van der Waals surface area contributed by atoms with E-state index in [1.807, 2.05) is 24.0 Å². The first-order chi connectivity index (χ1) is 20.2. The summed E-state index contributed by atoms with van der Waals surface area (Å²) in [6.45, 7) is 8.94. The van der Waals surface area contributed by atoms with Crippen LogP contribution in [0.4, 0.5) is 24.5 Å². The molecule has 9 nitrogen and oxygen atoms in total.